The lowest BCUT2D eigenvalue weighted by Gasteiger charge is -2.26. The lowest BCUT2D eigenvalue weighted by Crippen LogP contribution is -2.32. The quantitative estimate of drug-likeness (QED) is 0.435. The Labute approximate surface area is 193 Å². The van der Waals surface area contributed by atoms with Crippen LogP contribution in [0, 0.1) is 18.8 Å². The summed E-state index contributed by atoms with van der Waals surface area (Å²) in [4.78, 5) is 15.7. The zero-order valence-corrected chi connectivity index (χ0v) is 18.7. The van der Waals surface area contributed by atoms with Crippen molar-refractivity contribution in [3.63, 3.8) is 0 Å². The van der Waals surface area contributed by atoms with Crippen LogP contribution in [-0.2, 0) is 5.41 Å². The molecule has 32 heavy (non-hydrogen) atoms. The van der Waals surface area contributed by atoms with Crippen molar-refractivity contribution in [2.24, 2.45) is 17.6 Å². The number of hydrogen-bond donors (Lipinski definition) is 2. The molecule has 6 rings (SSSR count). The van der Waals surface area contributed by atoms with E-state index in [4.69, 9.17) is 38.4 Å². The van der Waals surface area contributed by atoms with Crippen molar-refractivity contribution in [3.05, 3.63) is 46.2 Å². The molecule has 164 valence electrons. The number of aromatic amines is 1. The van der Waals surface area contributed by atoms with Crippen molar-refractivity contribution in [1.29, 1.82) is 0 Å². The van der Waals surface area contributed by atoms with Gasteiger partial charge < -0.3 is 15.2 Å². The maximum atomic E-state index is 6.33. The fourth-order valence-electron chi connectivity index (χ4n) is 5.30. The minimum absolute atomic E-state index is 0.110. The number of rotatable bonds is 4. The number of fused-ring (bicyclic) bond motifs is 2. The molecule has 1 aliphatic heterocycles. The number of nitrogens with zero attached hydrogens (tertiary/aromatic N) is 6. The second-order valence-electron chi connectivity index (χ2n) is 8.48. The highest BCUT2D eigenvalue weighted by atomic mass is 35.5. The minimum Gasteiger partial charge on any atom is -0.361 e. The smallest absolute Gasteiger partial charge is 0.202 e. The number of nitrogens with two attached hydrogens (primary N) is 1. The van der Waals surface area contributed by atoms with Gasteiger partial charge in [0.15, 0.2) is 0 Å². The van der Waals surface area contributed by atoms with Gasteiger partial charge in [0.25, 0.3) is 0 Å². The van der Waals surface area contributed by atoms with Crippen LogP contribution < -0.4 is 10.6 Å². The Morgan fingerprint density at radius 1 is 1.31 bits per heavy atom. The molecule has 3 N–H and O–H groups in total. The van der Waals surface area contributed by atoms with E-state index in [1.165, 1.54) is 0 Å². The van der Waals surface area contributed by atoms with Gasteiger partial charge in [-0.05, 0) is 31.2 Å². The third kappa shape index (κ3) is 2.78. The average Bonchev–Trinajstić information content (AvgIpc) is 3.06. The molecule has 1 saturated carbocycles. The van der Waals surface area contributed by atoms with Crippen molar-refractivity contribution in [1.82, 2.24) is 30.3 Å². The maximum Gasteiger partial charge on any atom is 0.202 e. The first kappa shape index (κ1) is 19.9. The monoisotopic (exact) mass is 470 g/mol. The van der Waals surface area contributed by atoms with E-state index < -0.39 is 0 Å². The summed E-state index contributed by atoms with van der Waals surface area (Å²) in [5, 5.41) is 12.2. The van der Waals surface area contributed by atoms with E-state index in [0.29, 0.717) is 45.8 Å². The van der Waals surface area contributed by atoms with Gasteiger partial charge in [-0.1, -0.05) is 28.4 Å². The third-order valence-electron chi connectivity index (χ3n) is 6.96. The Bertz CT molecular complexity index is 1340. The number of H-pyrrole nitrogens is 1. The van der Waals surface area contributed by atoms with E-state index in [2.05, 4.69) is 30.2 Å². The summed E-state index contributed by atoms with van der Waals surface area (Å²) in [6, 6.07) is 3.79. The van der Waals surface area contributed by atoms with Gasteiger partial charge in [0.1, 0.15) is 22.2 Å². The molecular formula is C21H20Cl2N8O. The van der Waals surface area contributed by atoms with E-state index in [1.54, 1.807) is 18.5 Å². The maximum absolute atomic E-state index is 6.33. The molecule has 11 heteroatoms. The van der Waals surface area contributed by atoms with Gasteiger partial charge in [-0.3, -0.25) is 5.10 Å². The van der Waals surface area contributed by atoms with Crippen LogP contribution in [0.4, 0.5) is 5.82 Å². The molecule has 0 bridgehead atoms. The molecule has 0 radical (unpaired) electrons. The van der Waals surface area contributed by atoms with Crippen LogP contribution in [-0.4, -0.2) is 49.9 Å². The molecular weight excluding hydrogens is 451 g/mol. The molecule has 0 aromatic carbocycles. The second-order valence-corrected chi connectivity index (χ2v) is 9.21. The van der Waals surface area contributed by atoms with Gasteiger partial charge in [-0.25, -0.2) is 15.0 Å². The van der Waals surface area contributed by atoms with Crippen LogP contribution in [0.1, 0.15) is 17.9 Å². The van der Waals surface area contributed by atoms with E-state index in [1.807, 2.05) is 13.0 Å². The average molecular weight is 471 g/mol. The number of halogens is 2. The van der Waals surface area contributed by atoms with Gasteiger partial charge in [0.2, 0.25) is 5.65 Å². The van der Waals surface area contributed by atoms with Crippen molar-refractivity contribution in [2.45, 2.75) is 18.8 Å². The van der Waals surface area contributed by atoms with Crippen LogP contribution in [0.5, 0.6) is 0 Å². The summed E-state index contributed by atoms with van der Waals surface area (Å²) < 4.78 is 5.34. The number of hydrogen-bond acceptors (Lipinski definition) is 8. The highest BCUT2D eigenvalue weighted by Crippen LogP contribution is 2.62. The van der Waals surface area contributed by atoms with Gasteiger partial charge in [-0.2, -0.15) is 5.10 Å². The summed E-state index contributed by atoms with van der Waals surface area (Å²) in [5.41, 5.74) is 9.61. The predicted octanol–water partition coefficient (Wildman–Crippen LogP) is 3.37. The molecule has 5 heterocycles. The first-order valence-corrected chi connectivity index (χ1v) is 11.2. The predicted molar refractivity (Wildman–Crippen MR) is 121 cm³/mol. The lowest BCUT2D eigenvalue weighted by atomic mass is 9.97. The van der Waals surface area contributed by atoms with Crippen LogP contribution in [0.25, 0.3) is 22.4 Å². The summed E-state index contributed by atoms with van der Waals surface area (Å²) in [6.45, 7) is 4.19. The topological polar surface area (TPSA) is 123 Å². The Hall–Kier alpha value is -2.75. The minimum atomic E-state index is -0.110. The normalized spacial score (nSPS) is 24.7. The summed E-state index contributed by atoms with van der Waals surface area (Å²) >= 11 is 12.4. The Morgan fingerprint density at radius 3 is 2.97 bits per heavy atom. The van der Waals surface area contributed by atoms with Gasteiger partial charge in [-0.15, -0.1) is 0 Å². The first-order valence-electron chi connectivity index (χ1n) is 10.4. The Kier molecular flexibility index (Phi) is 4.43. The number of aromatic nitrogens is 6. The first-order chi connectivity index (χ1) is 15.5. The molecule has 0 amide bonds. The van der Waals surface area contributed by atoms with Crippen LogP contribution in [0.3, 0.4) is 0 Å². The highest BCUT2D eigenvalue weighted by molar-refractivity contribution is 6.43. The van der Waals surface area contributed by atoms with Gasteiger partial charge in [0, 0.05) is 42.9 Å². The molecule has 1 aliphatic carbocycles. The summed E-state index contributed by atoms with van der Waals surface area (Å²) in [6.07, 6.45) is 4.40. The largest absolute Gasteiger partial charge is 0.361 e. The fraction of sp³-hybridized carbons (Fsp3) is 0.381. The lowest BCUT2D eigenvalue weighted by molar-refractivity contribution is 0.379. The molecule has 4 aromatic heterocycles. The van der Waals surface area contributed by atoms with Crippen LogP contribution in [0.2, 0.25) is 10.2 Å². The molecule has 3 unspecified atom stereocenters. The third-order valence-corrected chi connectivity index (χ3v) is 7.73. The zero-order chi connectivity index (χ0) is 22.0. The van der Waals surface area contributed by atoms with E-state index in [0.717, 1.165) is 36.8 Å². The zero-order valence-electron chi connectivity index (χ0n) is 17.2. The Morgan fingerprint density at radius 2 is 2.19 bits per heavy atom. The van der Waals surface area contributed by atoms with Crippen molar-refractivity contribution in [3.8, 4) is 11.3 Å². The Balaban J connectivity index is 1.29. The number of aryl methyl sites for hydroxylation is 1. The highest BCUT2D eigenvalue weighted by Gasteiger charge is 2.67. The molecule has 2 aliphatic rings. The van der Waals surface area contributed by atoms with Crippen molar-refractivity contribution in [2.75, 3.05) is 24.5 Å². The molecule has 9 nitrogen and oxygen atoms in total. The van der Waals surface area contributed by atoms with Gasteiger partial charge in [0.05, 0.1) is 22.6 Å². The molecule has 0 spiro atoms. The van der Waals surface area contributed by atoms with Crippen LogP contribution in [0.15, 0.2) is 29.0 Å². The van der Waals surface area contributed by atoms with E-state index in [-0.39, 0.29) is 10.6 Å². The van der Waals surface area contributed by atoms with Gasteiger partial charge >= 0.3 is 0 Å². The van der Waals surface area contributed by atoms with Crippen molar-refractivity contribution < 1.29 is 4.52 Å². The molecule has 2 fully saturated rings. The number of piperidine rings is 1. The second kappa shape index (κ2) is 7.13. The number of pyridine rings is 1. The number of nitrogens with one attached hydrogen (secondary N) is 1. The summed E-state index contributed by atoms with van der Waals surface area (Å²) in [7, 11) is 0. The van der Waals surface area contributed by atoms with Crippen molar-refractivity contribution >= 4 is 40.2 Å². The number of anilines is 1. The van der Waals surface area contributed by atoms with E-state index >= 15 is 0 Å². The summed E-state index contributed by atoms with van der Waals surface area (Å²) in [5.74, 6) is 2.54. The standard InChI is InChI=1S/C21H20Cl2N8O/c1-10-6-14(30-32-10)21(9-24)12-3-5-31(8-13(12)21)15-7-26-18-17(28-29-20(18)27-15)11-2-4-25-19(23)16(11)22/h2,4,6-7,12-13H,3,5,8-9,24H2,1H3,(H,27,28,29). The molecule has 1 saturated heterocycles. The van der Waals surface area contributed by atoms with Crippen LogP contribution >= 0.6 is 23.2 Å². The molecule has 3 atom stereocenters. The van der Waals surface area contributed by atoms with E-state index in [9.17, 15) is 0 Å². The fourth-order valence-corrected chi connectivity index (χ4v) is 5.66. The SMILES string of the molecule is Cc1cc(C2(CN)C3CCN(c4cnc5c(-c6ccnc(Cl)c6Cl)[nH]nc5n4)CC32)no1. The molecule has 4 aromatic rings.